The summed E-state index contributed by atoms with van der Waals surface area (Å²) in [5, 5.41) is 0. The molecule has 0 saturated heterocycles. The number of rotatable bonds is 4. The number of Topliss-reactive ketones (excluding diaryl/α,β-unsaturated/α-hetero) is 1. The number of imidazole rings is 1. The summed E-state index contributed by atoms with van der Waals surface area (Å²) in [6.45, 7) is -0.312. The number of ketones is 1. The molecule has 0 unspecified atom stereocenters. The van der Waals surface area contributed by atoms with E-state index in [1.54, 1.807) is 28.9 Å². The number of carbonyl (C=O) groups is 2. The molecule has 2 heterocycles. The molecule has 0 saturated carbocycles. The van der Waals surface area contributed by atoms with Crippen molar-refractivity contribution in [2.45, 2.75) is 6.42 Å². The van der Waals surface area contributed by atoms with Crippen molar-refractivity contribution in [3.05, 3.63) is 95.4 Å². The number of ether oxygens (including phenoxy) is 1. The zero-order chi connectivity index (χ0) is 19.1. The maximum atomic E-state index is 12.6. The van der Waals surface area contributed by atoms with Crippen LogP contribution in [0.25, 0.3) is 16.8 Å². The predicted molar refractivity (Wildman–Crippen MR) is 104 cm³/mol. The molecule has 0 spiro atoms. The van der Waals surface area contributed by atoms with Gasteiger partial charge in [-0.3, -0.25) is 4.79 Å². The van der Waals surface area contributed by atoms with E-state index in [0.717, 1.165) is 17.5 Å². The molecule has 5 nitrogen and oxygen atoms in total. The Morgan fingerprint density at radius 2 is 1.79 bits per heavy atom. The number of hydrogen-bond donors (Lipinski definition) is 0. The molecule has 0 N–H and O–H groups in total. The van der Waals surface area contributed by atoms with Crippen molar-refractivity contribution in [2.75, 3.05) is 6.61 Å². The monoisotopic (exact) mass is 368 g/mol. The lowest BCUT2D eigenvalue weighted by atomic mass is 10.0. The number of esters is 1. The van der Waals surface area contributed by atoms with Crippen LogP contribution in [-0.2, 0) is 11.2 Å². The number of hydrogen-bond acceptors (Lipinski definition) is 4. The number of carbonyl (C=O) groups excluding carboxylic acids is 2. The van der Waals surface area contributed by atoms with Crippen molar-refractivity contribution in [1.29, 1.82) is 0 Å². The Kier molecular flexibility index (Phi) is 3.79. The molecule has 0 radical (unpaired) electrons. The summed E-state index contributed by atoms with van der Waals surface area (Å²) in [6, 6.07) is 19.3. The van der Waals surface area contributed by atoms with Gasteiger partial charge in [0.1, 0.15) is 5.65 Å². The highest BCUT2D eigenvalue weighted by molar-refractivity contribution is 6.00. The van der Waals surface area contributed by atoms with Gasteiger partial charge in [0.15, 0.2) is 18.1 Å². The SMILES string of the molecule is O=C(COC(=O)c1cn2ccccc2n1)c1ccc2c(c1)-c1ccccc1C2. The molecule has 136 valence electrons. The van der Waals surface area contributed by atoms with E-state index in [-0.39, 0.29) is 18.1 Å². The number of benzene rings is 2. The van der Waals surface area contributed by atoms with E-state index in [0.29, 0.717) is 11.2 Å². The van der Waals surface area contributed by atoms with Crippen LogP contribution in [0.3, 0.4) is 0 Å². The molecular weight excluding hydrogens is 352 g/mol. The summed E-state index contributed by atoms with van der Waals surface area (Å²) in [4.78, 5) is 29.0. The summed E-state index contributed by atoms with van der Waals surface area (Å²) >= 11 is 0. The molecule has 5 heteroatoms. The van der Waals surface area contributed by atoms with Gasteiger partial charge in [0.2, 0.25) is 0 Å². The Hall–Kier alpha value is -3.73. The van der Waals surface area contributed by atoms with Crippen molar-refractivity contribution in [1.82, 2.24) is 9.38 Å². The second-order valence-electron chi connectivity index (χ2n) is 6.80. The topological polar surface area (TPSA) is 60.7 Å². The Labute approximate surface area is 161 Å². The normalized spacial score (nSPS) is 11.9. The fourth-order valence-electron chi connectivity index (χ4n) is 3.62. The molecule has 1 aliphatic rings. The molecule has 2 aromatic carbocycles. The minimum atomic E-state index is -0.608. The van der Waals surface area contributed by atoms with Gasteiger partial charge >= 0.3 is 5.97 Å². The highest BCUT2D eigenvalue weighted by Crippen LogP contribution is 2.36. The van der Waals surface area contributed by atoms with Crippen molar-refractivity contribution < 1.29 is 14.3 Å². The standard InChI is InChI=1S/C23H16N2O3/c26-21(14-28-23(27)20-13-25-10-4-3-7-22(25)24-20)17-9-8-16-11-15-5-1-2-6-18(15)19(16)12-17/h1-10,12-13H,11,14H2. The first kappa shape index (κ1) is 16.4. The van der Waals surface area contributed by atoms with Crippen LogP contribution < -0.4 is 0 Å². The predicted octanol–water partition coefficient (Wildman–Crippen LogP) is 3.95. The van der Waals surface area contributed by atoms with E-state index in [1.165, 1.54) is 11.1 Å². The van der Waals surface area contributed by atoms with Gasteiger partial charge in [0.05, 0.1) is 0 Å². The number of nitrogens with zero attached hydrogens (tertiary/aromatic N) is 2. The van der Waals surface area contributed by atoms with E-state index in [2.05, 4.69) is 17.1 Å². The third kappa shape index (κ3) is 2.77. The van der Waals surface area contributed by atoms with Crippen LogP contribution in [0.2, 0.25) is 0 Å². The largest absolute Gasteiger partial charge is 0.453 e. The lowest BCUT2D eigenvalue weighted by molar-refractivity contribution is 0.0469. The van der Waals surface area contributed by atoms with Crippen LogP contribution in [0.15, 0.2) is 73.1 Å². The van der Waals surface area contributed by atoms with Gasteiger partial charge in [-0.2, -0.15) is 0 Å². The first-order valence-corrected chi connectivity index (χ1v) is 9.04. The van der Waals surface area contributed by atoms with Gasteiger partial charge in [0.25, 0.3) is 0 Å². The fourth-order valence-corrected chi connectivity index (χ4v) is 3.62. The van der Waals surface area contributed by atoms with E-state index < -0.39 is 5.97 Å². The maximum absolute atomic E-state index is 12.6. The van der Waals surface area contributed by atoms with Gasteiger partial charge in [0, 0.05) is 18.0 Å². The van der Waals surface area contributed by atoms with Crippen molar-refractivity contribution >= 4 is 17.4 Å². The second-order valence-corrected chi connectivity index (χ2v) is 6.80. The van der Waals surface area contributed by atoms with E-state index in [9.17, 15) is 9.59 Å². The third-order valence-electron chi connectivity index (χ3n) is 5.03. The first-order valence-electron chi connectivity index (χ1n) is 9.04. The van der Waals surface area contributed by atoms with E-state index in [4.69, 9.17) is 4.74 Å². The van der Waals surface area contributed by atoms with Crippen LogP contribution in [-0.4, -0.2) is 27.7 Å². The van der Waals surface area contributed by atoms with Gasteiger partial charge < -0.3 is 9.14 Å². The van der Waals surface area contributed by atoms with Gasteiger partial charge in [-0.15, -0.1) is 0 Å². The number of aromatic nitrogens is 2. The Balaban J connectivity index is 1.32. The quantitative estimate of drug-likeness (QED) is 0.356. The van der Waals surface area contributed by atoms with E-state index in [1.807, 2.05) is 36.4 Å². The van der Waals surface area contributed by atoms with Gasteiger partial charge in [-0.25, -0.2) is 9.78 Å². The minimum absolute atomic E-state index is 0.182. The molecule has 0 fully saturated rings. The highest BCUT2D eigenvalue weighted by atomic mass is 16.5. The van der Waals surface area contributed by atoms with Crippen molar-refractivity contribution in [3.8, 4) is 11.1 Å². The average molecular weight is 368 g/mol. The average Bonchev–Trinajstić information content (AvgIpc) is 3.32. The molecule has 5 rings (SSSR count). The third-order valence-corrected chi connectivity index (χ3v) is 5.03. The lowest BCUT2D eigenvalue weighted by Crippen LogP contribution is -2.14. The zero-order valence-electron chi connectivity index (χ0n) is 15.0. The second kappa shape index (κ2) is 6.46. The molecule has 0 atom stereocenters. The van der Waals surface area contributed by atoms with Crippen LogP contribution in [0.5, 0.6) is 0 Å². The van der Waals surface area contributed by atoms with Crippen LogP contribution >= 0.6 is 0 Å². The molecule has 0 aliphatic heterocycles. The molecule has 0 bridgehead atoms. The molecule has 4 aromatic rings. The van der Waals surface area contributed by atoms with Crippen LogP contribution in [0.4, 0.5) is 0 Å². The minimum Gasteiger partial charge on any atom is -0.453 e. The lowest BCUT2D eigenvalue weighted by Gasteiger charge is -2.06. The molecule has 1 aliphatic carbocycles. The highest BCUT2D eigenvalue weighted by Gasteiger charge is 2.20. The summed E-state index contributed by atoms with van der Waals surface area (Å²) < 4.78 is 6.93. The summed E-state index contributed by atoms with van der Waals surface area (Å²) in [7, 11) is 0. The Morgan fingerprint density at radius 3 is 2.68 bits per heavy atom. The first-order chi connectivity index (χ1) is 13.7. The zero-order valence-corrected chi connectivity index (χ0v) is 15.0. The summed E-state index contributed by atoms with van der Waals surface area (Å²) in [5.74, 6) is -0.840. The van der Waals surface area contributed by atoms with Crippen LogP contribution in [0.1, 0.15) is 32.0 Å². The van der Waals surface area contributed by atoms with E-state index >= 15 is 0 Å². The summed E-state index contributed by atoms with van der Waals surface area (Å²) in [5.41, 5.74) is 6.08. The molecule has 0 amide bonds. The molecule has 2 aromatic heterocycles. The summed E-state index contributed by atoms with van der Waals surface area (Å²) in [6.07, 6.45) is 4.27. The smallest absolute Gasteiger partial charge is 0.359 e. The Morgan fingerprint density at radius 1 is 0.964 bits per heavy atom. The number of pyridine rings is 1. The molecule has 28 heavy (non-hydrogen) atoms. The van der Waals surface area contributed by atoms with Gasteiger partial charge in [-0.1, -0.05) is 42.5 Å². The maximum Gasteiger partial charge on any atom is 0.359 e. The Bertz CT molecular complexity index is 1210. The van der Waals surface area contributed by atoms with Crippen molar-refractivity contribution in [3.63, 3.8) is 0 Å². The van der Waals surface area contributed by atoms with Crippen molar-refractivity contribution in [2.24, 2.45) is 0 Å². The van der Waals surface area contributed by atoms with Crippen LogP contribution in [0, 0.1) is 0 Å². The number of fused-ring (bicyclic) bond motifs is 4. The fraction of sp³-hybridized carbons (Fsp3) is 0.0870. The molecular formula is C23H16N2O3. The van der Waals surface area contributed by atoms with Gasteiger partial charge in [-0.05, 0) is 46.9 Å².